The summed E-state index contributed by atoms with van der Waals surface area (Å²) in [5, 5.41) is 0. The number of hydrogen-bond acceptors (Lipinski definition) is 3. The lowest BCUT2D eigenvalue weighted by Crippen LogP contribution is -2.10. The third-order valence-corrected chi connectivity index (χ3v) is 3.02. The van der Waals surface area contributed by atoms with Crippen LogP contribution in [0.2, 0.25) is 0 Å². The summed E-state index contributed by atoms with van der Waals surface area (Å²) >= 11 is 8.62. The van der Waals surface area contributed by atoms with Crippen LogP contribution in [0.4, 0.5) is 8.78 Å². The Morgan fingerprint density at radius 1 is 1.61 bits per heavy atom. The minimum atomic E-state index is -2.67. The Bertz CT molecular complexity index is 443. The number of hydrogen-bond donors (Lipinski definition) is 0. The number of carbonyl (C=O) groups is 1. The highest BCUT2D eigenvalue weighted by atomic mass is 79.9. The maximum atomic E-state index is 12.8. The number of rotatable bonds is 5. The zero-order chi connectivity index (χ0) is 13.7. The summed E-state index contributed by atoms with van der Waals surface area (Å²) in [5.41, 5.74) is 0.179. The molecule has 7 heteroatoms. The van der Waals surface area contributed by atoms with Crippen LogP contribution in [0.15, 0.2) is 10.5 Å². The predicted octanol–water partition coefficient (Wildman–Crippen LogP) is 3.63. The summed E-state index contributed by atoms with van der Waals surface area (Å²) < 4.78 is 30.5. The van der Waals surface area contributed by atoms with E-state index in [9.17, 15) is 13.6 Å². The van der Waals surface area contributed by atoms with Gasteiger partial charge in [0.2, 0.25) is 0 Å². The molecule has 0 atom stereocenters. The normalized spacial score (nSPS) is 10.8. The van der Waals surface area contributed by atoms with Crippen LogP contribution in [0.1, 0.15) is 30.3 Å². The van der Waals surface area contributed by atoms with E-state index in [1.54, 1.807) is 6.92 Å². The molecule has 18 heavy (non-hydrogen) atoms. The van der Waals surface area contributed by atoms with Crippen molar-refractivity contribution in [1.82, 2.24) is 4.98 Å². The molecular formula is C11H11BrClF2NO2. The van der Waals surface area contributed by atoms with Gasteiger partial charge in [-0.25, -0.2) is 8.78 Å². The Morgan fingerprint density at radius 2 is 2.28 bits per heavy atom. The molecule has 0 fully saturated rings. The van der Waals surface area contributed by atoms with Gasteiger partial charge in [0.25, 0.3) is 6.43 Å². The molecule has 0 aliphatic heterocycles. The third-order valence-electron chi connectivity index (χ3n) is 2.12. The van der Waals surface area contributed by atoms with E-state index in [4.69, 9.17) is 16.3 Å². The van der Waals surface area contributed by atoms with Crippen molar-refractivity contribution < 1.29 is 18.3 Å². The largest absolute Gasteiger partial charge is 0.466 e. The second-order valence-electron chi connectivity index (χ2n) is 3.37. The maximum absolute atomic E-state index is 12.8. The molecule has 0 radical (unpaired) electrons. The molecule has 3 nitrogen and oxygen atoms in total. The first-order valence-electron chi connectivity index (χ1n) is 5.17. The molecule has 0 bridgehead atoms. The van der Waals surface area contributed by atoms with E-state index in [0.29, 0.717) is 5.69 Å². The molecule has 0 aliphatic rings. The quantitative estimate of drug-likeness (QED) is 0.606. The summed E-state index contributed by atoms with van der Waals surface area (Å²) in [7, 11) is 0. The van der Waals surface area contributed by atoms with E-state index in [2.05, 4.69) is 20.9 Å². The lowest BCUT2D eigenvalue weighted by Gasteiger charge is -2.10. The average molecular weight is 343 g/mol. The molecule has 1 aromatic rings. The van der Waals surface area contributed by atoms with Crippen molar-refractivity contribution in [1.29, 1.82) is 0 Å². The first-order chi connectivity index (χ1) is 8.49. The van der Waals surface area contributed by atoms with Crippen LogP contribution >= 0.6 is 27.5 Å². The highest BCUT2D eigenvalue weighted by Gasteiger charge is 2.19. The molecule has 1 aromatic heterocycles. The minimum Gasteiger partial charge on any atom is -0.466 e. The molecule has 0 spiro atoms. The molecule has 0 aliphatic carbocycles. The van der Waals surface area contributed by atoms with Crippen molar-refractivity contribution >= 4 is 33.5 Å². The molecule has 0 unspecified atom stereocenters. The van der Waals surface area contributed by atoms with Crippen molar-refractivity contribution in [2.75, 3.05) is 6.61 Å². The third kappa shape index (κ3) is 3.88. The summed E-state index contributed by atoms with van der Waals surface area (Å²) in [6, 6.07) is 1.38. The van der Waals surface area contributed by atoms with Gasteiger partial charge in [-0.2, -0.15) is 0 Å². The molecule has 1 rings (SSSR count). The Morgan fingerprint density at radius 3 is 2.78 bits per heavy atom. The van der Waals surface area contributed by atoms with Gasteiger partial charge in [0.05, 0.1) is 35.9 Å². The van der Waals surface area contributed by atoms with Gasteiger partial charge in [-0.15, -0.1) is 11.6 Å². The second kappa shape index (κ2) is 6.99. The lowest BCUT2D eigenvalue weighted by molar-refractivity contribution is -0.142. The van der Waals surface area contributed by atoms with Crippen LogP contribution in [-0.2, 0) is 21.8 Å². The van der Waals surface area contributed by atoms with Gasteiger partial charge in [0.1, 0.15) is 0 Å². The van der Waals surface area contributed by atoms with Crippen LogP contribution in [0.25, 0.3) is 0 Å². The van der Waals surface area contributed by atoms with Crippen LogP contribution in [0, 0.1) is 0 Å². The fourth-order valence-electron chi connectivity index (χ4n) is 1.41. The molecule has 100 valence electrons. The van der Waals surface area contributed by atoms with Gasteiger partial charge < -0.3 is 4.74 Å². The summed E-state index contributed by atoms with van der Waals surface area (Å²) in [4.78, 5) is 15.2. The number of ether oxygens (including phenoxy) is 1. The van der Waals surface area contributed by atoms with Crippen LogP contribution < -0.4 is 0 Å². The van der Waals surface area contributed by atoms with E-state index in [1.165, 1.54) is 6.07 Å². The number of pyridine rings is 1. The van der Waals surface area contributed by atoms with Crippen molar-refractivity contribution in [2.24, 2.45) is 0 Å². The number of carbonyl (C=O) groups excluding carboxylic acids is 1. The van der Waals surface area contributed by atoms with Gasteiger partial charge in [0.15, 0.2) is 0 Å². The first kappa shape index (κ1) is 15.3. The zero-order valence-electron chi connectivity index (χ0n) is 9.55. The van der Waals surface area contributed by atoms with Crippen LogP contribution in [-0.4, -0.2) is 17.6 Å². The minimum absolute atomic E-state index is 0.0696. The summed E-state index contributed by atoms with van der Waals surface area (Å²) in [6.45, 7) is 1.95. The topological polar surface area (TPSA) is 39.2 Å². The van der Waals surface area contributed by atoms with Crippen molar-refractivity contribution in [3.05, 3.63) is 27.5 Å². The van der Waals surface area contributed by atoms with Gasteiger partial charge >= 0.3 is 5.97 Å². The van der Waals surface area contributed by atoms with E-state index >= 15 is 0 Å². The number of halogens is 4. The second-order valence-corrected chi connectivity index (χ2v) is 4.49. The zero-order valence-corrected chi connectivity index (χ0v) is 11.9. The highest BCUT2D eigenvalue weighted by molar-refractivity contribution is 9.10. The maximum Gasteiger partial charge on any atom is 0.311 e. The Labute approximate surface area is 117 Å². The molecule has 0 aromatic carbocycles. The molecule has 0 N–H and O–H groups in total. The highest BCUT2D eigenvalue weighted by Crippen LogP contribution is 2.31. The molecule has 1 heterocycles. The standard InChI is InChI=1S/C11H11BrClF2NO2/c1-2-18-9(17)4-6-3-7(12)10(11(14)15)8(5-13)16-6/h3,11H,2,4-5H2,1H3. The predicted molar refractivity (Wildman–Crippen MR) is 66.8 cm³/mol. The Kier molecular flexibility index (Phi) is 5.95. The van der Waals surface area contributed by atoms with E-state index < -0.39 is 12.4 Å². The average Bonchev–Trinajstić information content (AvgIpc) is 2.27. The van der Waals surface area contributed by atoms with Crippen molar-refractivity contribution in [3.63, 3.8) is 0 Å². The van der Waals surface area contributed by atoms with Crippen LogP contribution in [0.3, 0.4) is 0 Å². The molecular weight excluding hydrogens is 331 g/mol. The van der Waals surface area contributed by atoms with Gasteiger partial charge in [0, 0.05) is 4.47 Å². The molecule has 0 saturated carbocycles. The lowest BCUT2D eigenvalue weighted by atomic mass is 10.1. The fourth-order valence-corrected chi connectivity index (χ4v) is 2.28. The van der Waals surface area contributed by atoms with E-state index in [1.807, 2.05) is 0 Å². The monoisotopic (exact) mass is 341 g/mol. The number of esters is 1. The Balaban J connectivity index is 3.03. The fraction of sp³-hybridized carbons (Fsp3) is 0.455. The smallest absolute Gasteiger partial charge is 0.311 e. The van der Waals surface area contributed by atoms with Gasteiger partial charge in [-0.05, 0) is 13.0 Å². The number of nitrogens with zero attached hydrogens (tertiary/aromatic N) is 1. The number of alkyl halides is 3. The van der Waals surface area contributed by atoms with Crippen molar-refractivity contribution in [3.8, 4) is 0 Å². The SMILES string of the molecule is CCOC(=O)Cc1cc(Br)c(C(F)F)c(CCl)n1. The molecule has 0 amide bonds. The molecule has 0 saturated heterocycles. The van der Waals surface area contributed by atoms with Crippen LogP contribution in [0.5, 0.6) is 0 Å². The first-order valence-corrected chi connectivity index (χ1v) is 6.50. The van der Waals surface area contributed by atoms with Gasteiger partial charge in [-0.1, -0.05) is 15.9 Å². The summed E-state index contributed by atoms with van der Waals surface area (Å²) in [5.74, 6) is -0.600. The van der Waals surface area contributed by atoms with Gasteiger partial charge in [-0.3, -0.25) is 9.78 Å². The Hall–Kier alpha value is -0.750. The van der Waals surface area contributed by atoms with E-state index in [-0.39, 0.29) is 34.6 Å². The summed E-state index contributed by atoms with van der Waals surface area (Å²) in [6.07, 6.45) is -2.74. The van der Waals surface area contributed by atoms with E-state index in [0.717, 1.165) is 0 Å². The van der Waals surface area contributed by atoms with Crippen molar-refractivity contribution in [2.45, 2.75) is 25.7 Å². The number of aromatic nitrogens is 1.